The predicted octanol–water partition coefficient (Wildman–Crippen LogP) is 2.56. The zero-order valence-electron chi connectivity index (χ0n) is 20.4. The number of amides is 2. The molecular weight excluding hydrogens is 467 g/mol. The molecule has 4 aromatic rings. The van der Waals surface area contributed by atoms with Gasteiger partial charge in [0, 0.05) is 18.2 Å². The average molecular weight is 495 g/mol. The molecule has 0 bridgehead atoms. The van der Waals surface area contributed by atoms with Gasteiger partial charge in [-0.25, -0.2) is 18.3 Å². The van der Waals surface area contributed by atoms with Crippen LogP contribution in [0.15, 0.2) is 52.1 Å². The van der Waals surface area contributed by atoms with E-state index in [0.29, 0.717) is 6.54 Å². The Hall–Kier alpha value is -4.28. The first-order valence-corrected chi connectivity index (χ1v) is 11.6. The first-order chi connectivity index (χ1) is 17.1. The van der Waals surface area contributed by atoms with Gasteiger partial charge in [-0.15, -0.1) is 5.10 Å². The van der Waals surface area contributed by atoms with Gasteiger partial charge < -0.3 is 10.6 Å². The van der Waals surface area contributed by atoms with Crippen LogP contribution in [-0.4, -0.2) is 37.1 Å². The highest BCUT2D eigenvalue weighted by Gasteiger charge is 2.21. The number of fused-ring (bicyclic) bond motifs is 3. The Morgan fingerprint density at radius 2 is 1.78 bits per heavy atom. The molecule has 0 saturated heterocycles. The Kier molecular flexibility index (Phi) is 6.73. The highest BCUT2D eigenvalue weighted by atomic mass is 19.1. The molecule has 188 valence electrons. The standard InChI is InChI=1S/C25H27FN6O4/c1-14(2)12-27-22(34)16-9-10-17-20(11-16)32-24(31(15(3)4)23(17)35)29-30(25(32)36)13-21(33)28-19-8-6-5-7-18(19)26/h5-11,14-15H,12-13H2,1-4H3,(H,27,34)(H,28,33). The van der Waals surface area contributed by atoms with E-state index < -0.39 is 24.0 Å². The first kappa shape index (κ1) is 24.8. The Labute approximate surface area is 205 Å². The number of rotatable bonds is 7. The third-order valence-electron chi connectivity index (χ3n) is 5.62. The maximum atomic E-state index is 13.9. The molecule has 0 spiro atoms. The van der Waals surface area contributed by atoms with Gasteiger partial charge in [0.25, 0.3) is 11.5 Å². The first-order valence-electron chi connectivity index (χ1n) is 11.6. The molecule has 2 N–H and O–H groups in total. The molecule has 11 heteroatoms. The summed E-state index contributed by atoms with van der Waals surface area (Å²) < 4.78 is 17.4. The minimum atomic E-state index is -0.673. The van der Waals surface area contributed by atoms with Crippen LogP contribution in [0.3, 0.4) is 0 Å². The number of halogens is 1. The highest BCUT2D eigenvalue weighted by molar-refractivity contribution is 5.98. The minimum absolute atomic E-state index is 0.0269. The monoisotopic (exact) mass is 494 g/mol. The smallest absolute Gasteiger partial charge is 0.352 e. The van der Waals surface area contributed by atoms with Crippen LogP contribution in [0.5, 0.6) is 0 Å². The fourth-order valence-corrected chi connectivity index (χ4v) is 3.88. The van der Waals surface area contributed by atoms with Crippen molar-refractivity contribution in [2.24, 2.45) is 5.92 Å². The normalized spacial score (nSPS) is 11.5. The van der Waals surface area contributed by atoms with E-state index in [1.165, 1.54) is 45.4 Å². The van der Waals surface area contributed by atoms with Crippen LogP contribution in [0, 0.1) is 11.7 Å². The number of benzene rings is 2. The Bertz CT molecular complexity index is 1600. The Morgan fingerprint density at radius 1 is 1.06 bits per heavy atom. The van der Waals surface area contributed by atoms with E-state index in [4.69, 9.17) is 0 Å². The summed E-state index contributed by atoms with van der Waals surface area (Å²) in [7, 11) is 0. The van der Waals surface area contributed by atoms with Crippen LogP contribution in [0.25, 0.3) is 16.7 Å². The van der Waals surface area contributed by atoms with Crippen LogP contribution in [0.2, 0.25) is 0 Å². The number of nitrogens with zero attached hydrogens (tertiary/aromatic N) is 4. The number of hydrogen-bond donors (Lipinski definition) is 2. The number of hydrogen-bond acceptors (Lipinski definition) is 5. The SMILES string of the molecule is CC(C)CNC(=O)c1ccc2c(=O)n(C(C)C)c3nn(CC(=O)Nc4ccccc4F)c(=O)n3c2c1. The lowest BCUT2D eigenvalue weighted by molar-refractivity contribution is -0.117. The van der Waals surface area contributed by atoms with Gasteiger partial charge in [-0.3, -0.25) is 19.0 Å². The number of aromatic nitrogens is 4. The summed E-state index contributed by atoms with van der Waals surface area (Å²) in [5, 5.41) is 9.72. The average Bonchev–Trinajstić information content (AvgIpc) is 3.13. The molecule has 0 aliphatic carbocycles. The van der Waals surface area contributed by atoms with Crippen LogP contribution >= 0.6 is 0 Å². The van der Waals surface area contributed by atoms with Crippen molar-refractivity contribution in [3.8, 4) is 0 Å². The molecule has 2 aromatic carbocycles. The van der Waals surface area contributed by atoms with Gasteiger partial charge in [0.05, 0.1) is 16.6 Å². The summed E-state index contributed by atoms with van der Waals surface area (Å²) >= 11 is 0. The minimum Gasteiger partial charge on any atom is -0.352 e. The summed E-state index contributed by atoms with van der Waals surface area (Å²) in [5.41, 5.74) is -0.596. The molecule has 2 heterocycles. The van der Waals surface area contributed by atoms with Gasteiger partial charge >= 0.3 is 5.69 Å². The van der Waals surface area contributed by atoms with Crippen LogP contribution in [0.1, 0.15) is 44.1 Å². The number of carbonyl (C=O) groups is 2. The second kappa shape index (κ2) is 9.76. The maximum Gasteiger partial charge on any atom is 0.352 e. The van der Waals surface area contributed by atoms with Crippen molar-refractivity contribution in [2.45, 2.75) is 40.3 Å². The molecule has 36 heavy (non-hydrogen) atoms. The molecule has 0 fully saturated rings. The lowest BCUT2D eigenvalue weighted by Gasteiger charge is -2.13. The molecular formula is C25H27FN6O4. The van der Waals surface area contributed by atoms with Gasteiger partial charge in [0.2, 0.25) is 11.7 Å². The molecule has 4 rings (SSSR count). The number of anilines is 1. The van der Waals surface area contributed by atoms with Crippen molar-refractivity contribution in [2.75, 3.05) is 11.9 Å². The van der Waals surface area contributed by atoms with E-state index in [1.807, 2.05) is 13.8 Å². The number of nitrogens with one attached hydrogen (secondary N) is 2. The van der Waals surface area contributed by atoms with Crippen molar-refractivity contribution >= 4 is 34.2 Å². The van der Waals surface area contributed by atoms with Crippen molar-refractivity contribution in [1.82, 2.24) is 24.1 Å². The summed E-state index contributed by atoms with van der Waals surface area (Å²) in [6, 6.07) is 9.83. The summed E-state index contributed by atoms with van der Waals surface area (Å²) in [6.45, 7) is 7.45. The van der Waals surface area contributed by atoms with E-state index >= 15 is 0 Å². The van der Waals surface area contributed by atoms with Crippen LogP contribution in [0.4, 0.5) is 10.1 Å². The molecule has 0 aliphatic rings. The second-order valence-electron chi connectivity index (χ2n) is 9.21. The fraction of sp³-hybridized carbons (Fsp3) is 0.320. The van der Waals surface area contributed by atoms with E-state index in [0.717, 1.165) is 4.68 Å². The zero-order valence-corrected chi connectivity index (χ0v) is 20.4. The lowest BCUT2D eigenvalue weighted by Crippen LogP contribution is -2.30. The van der Waals surface area contributed by atoms with Gasteiger partial charge in [-0.05, 0) is 50.1 Å². The van der Waals surface area contributed by atoms with E-state index in [9.17, 15) is 23.6 Å². The number of para-hydroxylation sites is 1. The summed E-state index contributed by atoms with van der Waals surface area (Å²) in [4.78, 5) is 51.9. The topological polar surface area (TPSA) is 120 Å². The van der Waals surface area contributed by atoms with Gasteiger partial charge in [0.15, 0.2) is 0 Å². The Morgan fingerprint density at radius 3 is 2.44 bits per heavy atom. The highest BCUT2D eigenvalue weighted by Crippen LogP contribution is 2.17. The fourth-order valence-electron chi connectivity index (χ4n) is 3.88. The second-order valence-corrected chi connectivity index (χ2v) is 9.21. The quantitative estimate of drug-likeness (QED) is 0.409. The largest absolute Gasteiger partial charge is 0.352 e. The van der Waals surface area contributed by atoms with E-state index in [-0.39, 0.29) is 51.4 Å². The maximum absolute atomic E-state index is 13.9. The third-order valence-corrected chi connectivity index (χ3v) is 5.62. The summed E-state index contributed by atoms with van der Waals surface area (Å²) in [5.74, 6) is -1.34. The van der Waals surface area contributed by atoms with Crippen molar-refractivity contribution in [1.29, 1.82) is 0 Å². The van der Waals surface area contributed by atoms with Crippen molar-refractivity contribution < 1.29 is 14.0 Å². The van der Waals surface area contributed by atoms with Crippen molar-refractivity contribution in [3.63, 3.8) is 0 Å². The molecule has 0 atom stereocenters. The zero-order chi connectivity index (χ0) is 26.1. The number of carbonyl (C=O) groups excluding carboxylic acids is 2. The molecule has 0 aliphatic heterocycles. The third kappa shape index (κ3) is 4.64. The molecule has 2 aromatic heterocycles. The predicted molar refractivity (Wildman–Crippen MR) is 134 cm³/mol. The van der Waals surface area contributed by atoms with E-state index in [2.05, 4.69) is 15.7 Å². The van der Waals surface area contributed by atoms with Gasteiger partial charge in [0.1, 0.15) is 12.4 Å². The Balaban J connectivity index is 1.83. The van der Waals surface area contributed by atoms with Crippen molar-refractivity contribution in [3.05, 3.63) is 74.7 Å². The van der Waals surface area contributed by atoms with Crippen LogP contribution < -0.4 is 21.9 Å². The molecule has 0 unspecified atom stereocenters. The summed E-state index contributed by atoms with van der Waals surface area (Å²) in [6.07, 6.45) is 0. The lowest BCUT2D eigenvalue weighted by atomic mass is 10.1. The van der Waals surface area contributed by atoms with Crippen LogP contribution in [-0.2, 0) is 11.3 Å². The van der Waals surface area contributed by atoms with Gasteiger partial charge in [-0.1, -0.05) is 26.0 Å². The molecule has 10 nitrogen and oxygen atoms in total. The van der Waals surface area contributed by atoms with Gasteiger partial charge in [-0.2, -0.15) is 0 Å². The van der Waals surface area contributed by atoms with E-state index in [1.54, 1.807) is 19.9 Å². The molecule has 0 saturated carbocycles. The molecule has 0 radical (unpaired) electrons. The molecule has 2 amide bonds.